The van der Waals surface area contributed by atoms with Gasteiger partial charge in [0.2, 0.25) is 0 Å². The first-order valence-electron chi connectivity index (χ1n) is 8.17. The molecule has 2 saturated heterocycles. The molecule has 2 aliphatic rings. The van der Waals surface area contributed by atoms with Crippen molar-refractivity contribution < 1.29 is 5.11 Å². The van der Waals surface area contributed by atoms with E-state index in [1.807, 2.05) is 18.2 Å². The lowest BCUT2D eigenvalue weighted by Gasteiger charge is -2.41. The molecule has 0 atom stereocenters. The van der Waals surface area contributed by atoms with Gasteiger partial charge in [-0.25, -0.2) is 0 Å². The smallest absolute Gasteiger partial charge is 0.0702 e. The molecule has 4 heteroatoms. The Morgan fingerprint density at radius 3 is 2.43 bits per heavy atom. The molecule has 0 amide bonds. The van der Waals surface area contributed by atoms with Crippen molar-refractivity contribution in [2.24, 2.45) is 0 Å². The standard InChI is InChI=1S/C17H25ClN2O/c18-16-6-4-5-14(13-21)17(16)20-11-7-15(8-12-20)19-9-2-1-3-10-19/h4-6,15,21H,1-3,7-13H2. The van der Waals surface area contributed by atoms with Crippen LogP contribution in [0.25, 0.3) is 0 Å². The van der Waals surface area contributed by atoms with Gasteiger partial charge in [0, 0.05) is 24.7 Å². The molecule has 3 rings (SSSR count). The monoisotopic (exact) mass is 308 g/mol. The van der Waals surface area contributed by atoms with E-state index in [4.69, 9.17) is 11.6 Å². The van der Waals surface area contributed by atoms with Gasteiger partial charge in [0.1, 0.15) is 0 Å². The number of rotatable bonds is 3. The maximum absolute atomic E-state index is 9.54. The first-order valence-corrected chi connectivity index (χ1v) is 8.54. The van der Waals surface area contributed by atoms with E-state index in [1.54, 1.807) is 0 Å². The molecule has 2 aliphatic heterocycles. The van der Waals surface area contributed by atoms with Crippen LogP contribution in [0.5, 0.6) is 0 Å². The zero-order chi connectivity index (χ0) is 14.7. The number of halogens is 1. The number of hydrogen-bond acceptors (Lipinski definition) is 3. The van der Waals surface area contributed by atoms with Crippen molar-refractivity contribution >= 4 is 17.3 Å². The number of piperidine rings is 2. The maximum Gasteiger partial charge on any atom is 0.0702 e. The fourth-order valence-corrected chi connectivity index (χ4v) is 4.09. The second-order valence-electron chi connectivity index (χ2n) is 6.22. The van der Waals surface area contributed by atoms with Crippen LogP contribution < -0.4 is 4.90 Å². The second-order valence-corrected chi connectivity index (χ2v) is 6.63. The number of likely N-dealkylation sites (tertiary alicyclic amines) is 1. The number of aliphatic hydroxyl groups is 1. The third-order valence-corrected chi connectivity index (χ3v) is 5.23. The molecule has 1 aromatic carbocycles. The Balaban J connectivity index is 1.65. The van der Waals surface area contributed by atoms with E-state index in [1.165, 1.54) is 45.2 Å². The minimum atomic E-state index is 0.0575. The van der Waals surface area contributed by atoms with Crippen LogP contribution in [0.1, 0.15) is 37.7 Å². The fourth-order valence-electron chi connectivity index (χ4n) is 3.78. The molecule has 0 bridgehead atoms. The minimum Gasteiger partial charge on any atom is -0.392 e. The molecule has 0 saturated carbocycles. The molecule has 1 N–H and O–H groups in total. The maximum atomic E-state index is 9.54. The molecule has 21 heavy (non-hydrogen) atoms. The molecule has 116 valence electrons. The van der Waals surface area contributed by atoms with Crippen molar-refractivity contribution in [3.63, 3.8) is 0 Å². The van der Waals surface area contributed by atoms with Crippen LogP contribution in [0, 0.1) is 0 Å². The highest BCUT2D eigenvalue weighted by molar-refractivity contribution is 6.33. The van der Waals surface area contributed by atoms with E-state index >= 15 is 0 Å². The Morgan fingerprint density at radius 2 is 1.76 bits per heavy atom. The van der Waals surface area contributed by atoms with Gasteiger partial charge in [-0.15, -0.1) is 0 Å². The second kappa shape index (κ2) is 6.99. The first-order chi connectivity index (χ1) is 10.3. The summed E-state index contributed by atoms with van der Waals surface area (Å²) in [6, 6.07) is 6.55. The Bertz CT molecular complexity index is 466. The summed E-state index contributed by atoms with van der Waals surface area (Å²) in [5.74, 6) is 0. The van der Waals surface area contributed by atoms with E-state index in [0.29, 0.717) is 0 Å². The van der Waals surface area contributed by atoms with Crippen molar-refractivity contribution in [1.82, 2.24) is 4.90 Å². The van der Waals surface area contributed by atoms with E-state index < -0.39 is 0 Å². The highest BCUT2D eigenvalue weighted by Crippen LogP contribution is 2.33. The minimum absolute atomic E-state index is 0.0575. The average Bonchev–Trinajstić information content (AvgIpc) is 2.55. The van der Waals surface area contributed by atoms with Gasteiger partial charge in [-0.3, -0.25) is 0 Å². The molecule has 0 spiro atoms. The Hall–Kier alpha value is -0.770. The lowest BCUT2D eigenvalue weighted by Crippen LogP contribution is -2.47. The van der Waals surface area contributed by atoms with Crippen LogP contribution in [0.15, 0.2) is 18.2 Å². The summed E-state index contributed by atoms with van der Waals surface area (Å²) < 4.78 is 0. The van der Waals surface area contributed by atoms with Gasteiger partial charge in [0.05, 0.1) is 17.3 Å². The van der Waals surface area contributed by atoms with Crippen molar-refractivity contribution in [2.75, 3.05) is 31.1 Å². The van der Waals surface area contributed by atoms with Crippen LogP contribution >= 0.6 is 11.6 Å². The Labute approximate surface area is 132 Å². The SMILES string of the molecule is OCc1cccc(Cl)c1N1CCC(N2CCCCC2)CC1. The van der Waals surface area contributed by atoms with Gasteiger partial charge >= 0.3 is 0 Å². The predicted molar refractivity (Wildman–Crippen MR) is 88.0 cm³/mol. The first kappa shape index (κ1) is 15.1. The highest BCUT2D eigenvalue weighted by atomic mass is 35.5. The van der Waals surface area contributed by atoms with Crippen LogP contribution in [-0.4, -0.2) is 42.2 Å². The van der Waals surface area contributed by atoms with E-state index in [0.717, 1.165) is 35.4 Å². The molecule has 2 fully saturated rings. The Kier molecular flexibility index (Phi) is 5.04. The molecule has 0 radical (unpaired) electrons. The summed E-state index contributed by atoms with van der Waals surface area (Å²) in [6.45, 7) is 4.69. The number of hydrogen-bond donors (Lipinski definition) is 1. The summed E-state index contributed by atoms with van der Waals surface area (Å²) in [4.78, 5) is 5.04. The summed E-state index contributed by atoms with van der Waals surface area (Å²) in [5, 5.41) is 10.3. The van der Waals surface area contributed by atoms with Crippen molar-refractivity contribution in [1.29, 1.82) is 0 Å². The summed E-state index contributed by atoms with van der Waals surface area (Å²) in [5.41, 5.74) is 1.98. The van der Waals surface area contributed by atoms with Gasteiger partial charge in [-0.2, -0.15) is 0 Å². The molecule has 1 aromatic rings. The van der Waals surface area contributed by atoms with Crippen molar-refractivity contribution in [2.45, 2.75) is 44.8 Å². The Morgan fingerprint density at radius 1 is 1.05 bits per heavy atom. The van der Waals surface area contributed by atoms with Crippen molar-refractivity contribution in [3.05, 3.63) is 28.8 Å². The van der Waals surface area contributed by atoms with Gasteiger partial charge in [0.25, 0.3) is 0 Å². The third kappa shape index (κ3) is 3.36. The van der Waals surface area contributed by atoms with E-state index in [-0.39, 0.29) is 6.61 Å². The predicted octanol–water partition coefficient (Wildman–Crippen LogP) is 3.29. The molecular formula is C17H25ClN2O. The average molecular weight is 309 g/mol. The fraction of sp³-hybridized carbons (Fsp3) is 0.647. The zero-order valence-electron chi connectivity index (χ0n) is 12.6. The zero-order valence-corrected chi connectivity index (χ0v) is 13.4. The normalized spacial score (nSPS) is 21.7. The van der Waals surface area contributed by atoms with Crippen LogP contribution in [0.3, 0.4) is 0 Å². The van der Waals surface area contributed by atoms with Gasteiger partial charge < -0.3 is 14.9 Å². The summed E-state index contributed by atoms with van der Waals surface area (Å²) in [6.07, 6.45) is 6.53. The lowest BCUT2D eigenvalue weighted by molar-refractivity contribution is 0.141. The lowest BCUT2D eigenvalue weighted by atomic mass is 9.99. The molecule has 0 unspecified atom stereocenters. The van der Waals surface area contributed by atoms with Crippen LogP contribution in [-0.2, 0) is 6.61 Å². The number of aliphatic hydroxyl groups excluding tert-OH is 1. The number of nitrogens with zero attached hydrogens (tertiary/aromatic N) is 2. The molecule has 0 aliphatic carbocycles. The third-order valence-electron chi connectivity index (χ3n) is 4.93. The van der Waals surface area contributed by atoms with Crippen LogP contribution in [0.4, 0.5) is 5.69 Å². The van der Waals surface area contributed by atoms with E-state index in [9.17, 15) is 5.11 Å². The topological polar surface area (TPSA) is 26.7 Å². The number of benzene rings is 1. The summed E-state index contributed by atoms with van der Waals surface area (Å²) >= 11 is 6.36. The molecule has 0 aromatic heterocycles. The molecule has 3 nitrogen and oxygen atoms in total. The highest BCUT2D eigenvalue weighted by Gasteiger charge is 2.27. The van der Waals surface area contributed by atoms with Gasteiger partial charge in [-0.1, -0.05) is 30.2 Å². The number of para-hydroxylation sites is 1. The van der Waals surface area contributed by atoms with Crippen molar-refractivity contribution in [3.8, 4) is 0 Å². The van der Waals surface area contributed by atoms with Gasteiger partial charge in [-0.05, 0) is 44.8 Å². The largest absolute Gasteiger partial charge is 0.392 e. The van der Waals surface area contributed by atoms with E-state index in [2.05, 4.69) is 9.80 Å². The van der Waals surface area contributed by atoms with Gasteiger partial charge in [0.15, 0.2) is 0 Å². The van der Waals surface area contributed by atoms with Crippen LogP contribution in [0.2, 0.25) is 5.02 Å². The number of anilines is 1. The quantitative estimate of drug-likeness (QED) is 0.928. The molecule has 2 heterocycles. The molecular weight excluding hydrogens is 284 g/mol. The summed E-state index contributed by atoms with van der Waals surface area (Å²) in [7, 11) is 0.